The summed E-state index contributed by atoms with van der Waals surface area (Å²) in [5.41, 5.74) is 0. The van der Waals surface area contributed by atoms with E-state index in [2.05, 4.69) is 25.2 Å². The van der Waals surface area contributed by atoms with Crippen molar-refractivity contribution in [2.45, 2.75) is 16.0 Å². The van der Waals surface area contributed by atoms with Gasteiger partial charge in [-0.2, -0.15) is 0 Å². The van der Waals surface area contributed by atoms with Gasteiger partial charge in [-0.25, -0.2) is 9.67 Å². The van der Waals surface area contributed by atoms with Crippen molar-refractivity contribution in [2.24, 2.45) is 0 Å². The van der Waals surface area contributed by atoms with Crippen molar-refractivity contribution in [3.8, 4) is 0 Å². The Hall–Kier alpha value is -2.08. The molecule has 12 heteroatoms. The molecule has 2 heterocycles. The molecule has 2 aromatic heterocycles. The summed E-state index contributed by atoms with van der Waals surface area (Å²) in [5.74, 6) is -0.501. The highest BCUT2D eigenvalue weighted by molar-refractivity contribution is 8.00. The van der Waals surface area contributed by atoms with Gasteiger partial charge < -0.3 is 4.74 Å². The maximum absolute atomic E-state index is 11.1. The SMILES string of the molecule is COC(=O)Cn1nnnc1Sc1ncc([N+](=O)[O-])s1. The molecule has 10 nitrogen and oxygen atoms in total. The first kappa shape index (κ1) is 13.4. The second-order valence-electron chi connectivity index (χ2n) is 3.02. The number of thiazole rings is 1. The van der Waals surface area contributed by atoms with Gasteiger partial charge in [-0.3, -0.25) is 14.9 Å². The lowest BCUT2D eigenvalue weighted by Gasteiger charge is -2.00. The molecule has 0 fully saturated rings. The molecular formula is C7H6N6O4S2. The second-order valence-corrected chi connectivity index (χ2v) is 5.24. The van der Waals surface area contributed by atoms with Crippen LogP contribution in [0.5, 0.6) is 0 Å². The molecule has 100 valence electrons. The standard InChI is InChI=1S/C7H6N6O4S2/c1-17-5(14)3-12-6(9-10-11-12)19-7-8-2-4(18-7)13(15)16/h2H,3H2,1H3. The Bertz CT molecular complexity index is 610. The van der Waals surface area contributed by atoms with E-state index in [1.54, 1.807) is 0 Å². The maximum Gasteiger partial charge on any atom is 0.344 e. The third kappa shape index (κ3) is 3.23. The molecule has 2 rings (SSSR count). The van der Waals surface area contributed by atoms with E-state index in [0.29, 0.717) is 9.50 Å². The highest BCUT2D eigenvalue weighted by atomic mass is 32.2. The minimum atomic E-state index is -0.529. The van der Waals surface area contributed by atoms with E-state index in [0.717, 1.165) is 29.3 Å². The van der Waals surface area contributed by atoms with Gasteiger partial charge >= 0.3 is 11.0 Å². The summed E-state index contributed by atoms with van der Waals surface area (Å²) >= 11 is 1.93. The lowest BCUT2D eigenvalue weighted by molar-refractivity contribution is -0.380. The first-order valence-corrected chi connectivity index (χ1v) is 6.34. The molecule has 0 unspecified atom stereocenters. The maximum atomic E-state index is 11.1. The van der Waals surface area contributed by atoms with Crippen molar-refractivity contribution in [3.63, 3.8) is 0 Å². The summed E-state index contributed by atoms with van der Waals surface area (Å²) in [5, 5.41) is 21.5. The number of hydrogen-bond donors (Lipinski definition) is 0. The number of ether oxygens (including phenoxy) is 1. The highest BCUT2D eigenvalue weighted by Gasteiger charge is 2.17. The van der Waals surface area contributed by atoms with E-state index in [4.69, 9.17) is 0 Å². The van der Waals surface area contributed by atoms with Gasteiger partial charge in [-0.15, -0.1) is 5.10 Å². The number of nitro groups is 1. The van der Waals surface area contributed by atoms with Crippen molar-refractivity contribution in [1.82, 2.24) is 25.2 Å². The molecule has 0 aliphatic carbocycles. The molecule has 0 aliphatic rings. The molecule has 0 amide bonds. The largest absolute Gasteiger partial charge is 0.468 e. The lowest BCUT2D eigenvalue weighted by Crippen LogP contribution is -2.13. The van der Waals surface area contributed by atoms with Crippen LogP contribution < -0.4 is 0 Å². The Morgan fingerprint density at radius 3 is 3.11 bits per heavy atom. The van der Waals surface area contributed by atoms with E-state index in [1.807, 2.05) is 0 Å². The molecule has 0 bridgehead atoms. The number of carbonyl (C=O) groups excluding carboxylic acids is 1. The van der Waals surface area contributed by atoms with Gasteiger partial charge in [0.15, 0.2) is 4.34 Å². The third-order valence-corrected chi connectivity index (χ3v) is 3.84. The molecule has 0 N–H and O–H groups in total. The first-order valence-electron chi connectivity index (χ1n) is 4.71. The van der Waals surface area contributed by atoms with Crippen LogP contribution in [0.25, 0.3) is 0 Å². The minimum Gasteiger partial charge on any atom is -0.468 e. The monoisotopic (exact) mass is 302 g/mol. The molecule has 0 atom stereocenters. The van der Waals surface area contributed by atoms with Gasteiger partial charge in [0.1, 0.15) is 12.7 Å². The number of esters is 1. The predicted octanol–water partition coefficient (Wildman–Crippen LogP) is 0.362. The highest BCUT2D eigenvalue weighted by Crippen LogP contribution is 2.32. The van der Waals surface area contributed by atoms with Crippen molar-refractivity contribution in [3.05, 3.63) is 16.3 Å². The third-order valence-electron chi connectivity index (χ3n) is 1.84. The van der Waals surface area contributed by atoms with Crippen molar-refractivity contribution in [1.29, 1.82) is 0 Å². The van der Waals surface area contributed by atoms with Crippen molar-refractivity contribution in [2.75, 3.05) is 7.11 Å². The summed E-state index contributed by atoms with van der Waals surface area (Å²) in [7, 11) is 1.25. The van der Waals surface area contributed by atoms with Crippen LogP contribution >= 0.6 is 23.1 Å². The zero-order valence-corrected chi connectivity index (χ0v) is 11.1. The van der Waals surface area contributed by atoms with Crippen LogP contribution in [-0.2, 0) is 16.1 Å². The fourth-order valence-corrected chi connectivity index (χ4v) is 2.67. The molecule has 19 heavy (non-hydrogen) atoms. The average Bonchev–Trinajstić information content (AvgIpc) is 3.00. The number of nitrogens with zero attached hydrogens (tertiary/aromatic N) is 6. The average molecular weight is 302 g/mol. The van der Waals surface area contributed by atoms with Gasteiger partial charge in [-0.1, -0.05) is 0 Å². The number of carbonyl (C=O) groups is 1. The Kier molecular flexibility index (Phi) is 4.01. The van der Waals surface area contributed by atoms with E-state index >= 15 is 0 Å². The van der Waals surface area contributed by atoms with Crippen molar-refractivity contribution < 1.29 is 14.5 Å². The second kappa shape index (κ2) is 5.71. The summed E-state index contributed by atoms with van der Waals surface area (Å²) in [4.78, 5) is 25.0. The Morgan fingerprint density at radius 1 is 1.68 bits per heavy atom. The number of aromatic nitrogens is 5. The van der Waals surface area contributed by atoms with Crippen LogP contribution in [-0.4, -0.2) is 43.2 Å². The van der Waals surface area contributed by atoms with E-state index < -0.39 is 10.9 Å². The van der Waals surface area contributed by atoms with Gasteiger partial charge in [-0.05, 0) is 33.5 Å². The van der Waals surface area contributed by atoms with Gasteiger partial charge in [0.05, 0.1) is 12.0 Å². The van der Waals surface area contributed by atoms with Crippen molar-refractivity contribution >= 4 is 34.1 Å². The molecule has 0 radical (unpaired) electrons. The Morgan fingerprint density at radius 2 is 2.47 bits per heavy atom. The number of tetrazole rings is 1. The number of rotatable bonds is 5. The van der Waals surface area contributed by atoms with Crippen LogP contribution in [0.4, 0.5) is 5.00 Å². The Balaban J connectivity index is 2.12. The zero-order chi connectivity index (χ0) is 13.8. The first-order chi connectivity index (χ1) is 9.10. The molecule has 0 spiro atoms. The Labute approximate surface area is 113 Å². The topological polar surface area (TPSA) is 126 Å². The van der Waals surface area contributed by atoms with Crippen LogP contribution in [0.15, 0.2) is 15.7 Å². The molecule has 0 saturated carbocycles. The van der Waals surface area contributed by atoms with E-state index in [1.165, 1.54) is 11.8 Å². The number of hydrogen-bond acceptors (Lipinski definition) is 10. The van der Waals surface area contributed by atoms with Gasteiger partial charge in [0, 0.05) is 0 Å². The normalized spacial score (nSPS) is 10.4. The fourth-order valence-electron chi connectivity index (χ4n) is 1.02. The van der Waals surface area contributed by atoms with Gasteiger partial charge in [0.2, 0.25) is 5.16 Å². The predicted molar refractivity (Wildman–Crippen MR) is 62.7 cm³/mol. The molecule has 2 aromatic rings. The van der Waals surface area contributed by atoms with Crippen LogP contribution in [0.3, 0.4) is 0 Å². The summed E-state index contributed by atoms with van der Waals surface area (Å²) in [6, 6.07) is 0. The van der Waals surface area contributed by atoms with E-state index in [9.17, 15) is 14.9 Å². The molecule has 0 aliphatic heterocycles. The minimum absolute atomic E-state index is 0.0745. The molecule has 0 saturated heterocycles. The zero-order valence-electron chi connectivity index (χ0n) is 9.42. The lowest BCUT2D eigenvalue weighted by atomic mass is 10.7. The fraction of sp³-hybridized carbons (Fsp3) is 0.286. The molecular weight excluding hydrogens is 296 g/mol. The number of methoxy groups -OCH3 is 1. The summed E-state index contributed by atoms with van der Waals surface area (Å²) < 4.78 is 6.13. The quantitative estimate of drug-likeness (QED) is 0.437. The van der Waals surface area contributed by atoms with Crippen LogP contribution in [0.2, 0.25) is 0 Å². The van der Waals surface area contributed by atoms with Crippen LogP contribution in [0, 0.1) is 10.1 Å². The summed E-state index contributed by atoms with van der Waals surface area (Å²) in [6.45, 7) is -0.140. The smallest absolute Gasteiger partial charge is 0.344 e. The van der Waals surface area contributed by atoms with Gasteiger partial charge in [0.25, 0.3) is 0 Å². The molecule has 0 aromatic carbocycles. The van der Waals surface area contributed by atoms with E-state index in [-0.39, 0.29) is 11.5 Å². The summed E-state index contributed by atoms with van der Waals surface area (Å²) in [6.07, 6.45) is 1.15. The van der Waals surface area contributed by atoms with Crippen LogP contribution in [0.1, 0.15) is 0 Å².